The Bertz CT molecular complexity index is 199. The predicted octanol–water partition coefficient (Wildman–Crippen LogP) is 2.66. The lowest BCUT2D eigenvalue weighted by Gasteiger charge is -2.48. The number of nitrogens with zero attached hydrogens (tertiary/aromatic N) is 1. The molecule has 1 fully saturated rings. The number of likely N-dealkylation sites (tertiary alicyclic amines) is 1. The highest BCUT2D eigenvalue weighted by molar-refractivity contribution is 4.95. The molecule has 0 aliphatic carbocycles. The summed E-state index contributed by atoms with van der Waals surface area (Å²) in [6.45, 7) is 13.0. The minimum Gasteiger partial charge on any atom is -0.391 e. The maximum absolute atomic E-state index is 10.4. The number of rotatable bonds is 2. The third-order valence-corrected chi connectivity index (χ3v) is 3.66. The van der Waals surface area contributed by atoms with Crippen molar-refractivity contribution in [2.75, 3.05) is 13.1 Å². The highest BCUT2D eigenvalue weighted by atomic mass is 16.3. The van der Waals surface area contributed by atoms with Gasteiger partial charge in [0.25, 0.3) is 0 Å². The van der Waals surface area contributed by atoms with Crippen LogP contribution in [0.15, 0.2) is 0 Å². The van der Waals surface area contributed by atoms with Crippen LogP contribution in [0.4, 0.5) is 0 Å². The molecule has 1 aliphatic rings. The van der Waals surface area contributed by atoms with Gasteiger partial charge in [-0.3, -0.25) is 4.90 Å². The third-order valence-electron chi connectivity index (χ3n) is 3.66. The summed E-state index contributed by atoms with van der Waals surface area (Å²) in [5.41, 5.74) is -0.139. The molecule has 0 aromatic heterocycles. The van der Waals surface area contributed by atoms with Crippen molar-refractivity contribution in [1.82, 2.24) is 4.90 Å². The first-order valence-electron chi connectivity index (χ1n) is 6.19. The van der Waals surface area contributed by atoms with Gasteiger partial charge in [-0.25, -0.2) is 0 Å². The van der Waals surface area contributed by atoms with Crippen molar-refractivity contribution in [2.24, 2.45) is 5.41 Å². The van der Waals surface area contributed by atoms with Crippen LogP contribution < -0.4 is 0 Å². The summed E-state index contributed by atoms with van der Waals surface area (Å²) in [5, 5.41) is 10.4. The Kier molecular flexibility index (Phi) is 3.83. The Labute approximate surface area is 94.7 Å². The van der Waals surface area contributed by atoms with Gasteiger partial charge in [0.2, 0.25) is 0 Å². The first-order valence-corrected chi connectivity index (χ1v) is 6.19. The summed E-state index contributed by atoms with van der Waals surface area (Å²) >= 11 is 0. The lowest BCUT2D eigenvalue weighted by molar-refractivity contribution is -0.0722. The minimum atomic E-state index is -0.275. The van der Waals surface area contributed by atoms with E-state index in [9.17, 15) is 5.11 Å². The lowest BCUT2D eigenvalue weighted by Crippen LogP contribution is -2.58. The molecule has 1 aliphatic heterocycles. The van der Waals surface area contributed by atoms with Gasteiger partial charge in [0, 0.05) is 5.54 Å². The summed E-state index contributed by atoms with van der Waals surface area (Å²) < 4.78 is 0. The highest BCUT2D eigenvalue weighted by Gasteiger charge is 2.40. The summed E-state index contributed by atoms with van der Waals surface area (Å²) in [6, 6.07) is 0. The van der Waals surface area contributed by atoms with Crippen LogP contribution in [0.25, 0.3) is 0 Å². The fourth-order valence-electron chi connectivity index (χ4n) is 2.70. The van der Waals surface area contributed by atoms with Gasteiger partial charge in [0.15, 0.2) is 0 Å². The second-order valence-corrected chi connectivity index (χ2v) is 6.47. The molecule has 0 spiro atoms. The van der Waals surface area contributed by atoms with Crippen molar-refractivity contribution in [3.05, 3.63) is 0 Å². The molecule has 0 radical (unpaired) electrons. The molecule has 0 amide bonds. The Morgan fingerprint density at radius 3 is 1.80 bits per heavy atom. The van der Waals surface area contributed by atoms with Gasteiger partial charge in [0.05, 0.1) is 6.10 Å². The van der Waals surface area contributed by atoms with E-state index < -0.39 is 0 Å². The smallest absolute Gasteiger partial charge is 0.0766 e. The van der Waals surface area contributed by atoms with Gasteiger partial charge < -0.3 is 5.11 Å². The lowest BCUT2D eigenvalue weighted by atomic mass is 9.77. The zero-order chi connectivity index (χ0) is 11.7. The van der Waals surface area contributed by atoms with Crippen molar-refractivity contribution in [3.63, 3.8) is 0 Å². The van der Waals surface area contributed by atoms with Crippen LogP contribution >= 0.6 is 0 Å². The van der Waals surface area contributed by atoms with E-state index in [1.807, 2.05) is 0 Å². The zero-order valence-electron chi connectivity index (χ0n) is 11.0. The second kappa shape index (κ2) is 4.42. The molecule has 1 unspecified atom stereocenters. The second-order valence-electron chi connectivity index (χ2n) is 6.47. The van der Waals surface area contributed by atoms with Crippen molar-refractivity contribution < 1.29 is 5.11 Å². The van der Waals surface area contributed by atoms with Crippen molar-refractivity contribution in [3.8, 4) is 0 Å². The van der Waals surface area contributed by atoms with Gasteiger partial charge in [-0.05, 0) is 45.2 Å². The molecule has 2 heteroatoms. The van der Waals surface area contributed by atoms with Crippen molar-refractivity contribution in [2.45, 2.75) is 65.5 Å². The molecule has 0 saturated carbocycles. The number of hydrogen-bond acceptors (Lipinski definition) is 2. The monoisotopic (exact) mass is 213 g/mol. The Morgan fingerprint density at radius 1 is 0.933 bits per heavy atom. The van der Waals surface area contributed by atoms with Crippen LogP contribution in [0.1, 0.15) is 53.9 Å². The van der Waals surface area contributed by atoms with Crippen LogP contribution in [-0.2, 0) is 0 Å². The number of aliphatic hydroxyl groups is 1. The molecule has 0 bridgehead atoms. The molecule has 1 N–H and O–H groups in total. The zero-order valence-corrected chi connectivity index (χ0v) is 11.0. The van der Waals surface area contributed by atoms with E-state index in [0.29, 0.717) is 0 Å². The summed E-state index contributed by atoms with van der Waals surface area (Å²) in [6.07, 6.45) is 3.63. The van der Waals surface area contributed by atoms with E-state index in [1.165, 1.54) is 19.3 Å². The van der Waals surface area contributed by atoms with Crippen LogP contribution in [0, 0.1) is 5.41 Å². The van der Waals surface area contributed by atoms with E-state index in [1.54, 1.807) is 0 Å². The quantitative estimate of drug-likeness (QED) is 0.762. The van der Waals surface area contributed by atoms with Crippen LogP contribution in [0.3, 0.4) is 0 Å². The van der Waals surface area contributed by atoms with Gasteiger partial charge in [-0.1, -0.05) is 27.2 Å². The summed E-state index contributed by atoms with van der Waals surface area (Å²) in [5.74, 6) is 0. The van der Waals surface area contributed by atoms with Crippen LogP contribution in [0.2, 0.25) is 0 Å². The average Bonchev–Trinajstić information content (AvgIpc) is 2.16. The van der Waals surface area contributed by atoms with Crippen LogP contribution in [-0.4, -0.2) is 34.7 Å². The molecule has 90 valence electrons. The fraction of sp³-hybridized carbons (Fsp3) is 1.00. The SMILES string of the molecule is CC(C)(C)C(O)C(C)(C)N1CCCCC1. The highest BCUT2D eigenvalue weighted by Crippen LogP contribution is 2.33. The Hall–Kier alpha value is -0.0800. The number of aliphatic hydroxyl groups excluding tert-OH is 1. The summed E-state index contributed by atoms with van der Waals surface area (Å²) in [7, 11) is 0. The summed E-state index contributed by atoms with van der Waals surface area (Å²) in [4.78, 5) is 2.45. The number of hydrogen-bond donors (Lipinski definition) is 1. The largest absolute Gasteiger partial charge is 0.391 e. The molecule has 1 saturated heterocycles. The maximum atomic E-state index is 10.4. The Balaban J connectivity index is 2.71. The molecule has 1 rings (SSSR count). The van der Waals surface area contributed by atoms with Gasteiger partial charge >= 0.3 is 0 Å². The van der Waals surface area contributed by atoms with Crippen molar-refractivity contribution >= 4 is 0 Å². The van der Waals surface area contributed by atoms with Gasteiger partial charge in [0.1, 0.15) is 0 Å². The molecular weight excluding hydrogens is 186 g/mol. The topological polar surface area (TPSA) is 23.5 Å². The Morgan fingerprint density at radius 2 is 1.40 bits per heavy atom. The maximum Gasteiger partial charge on any atom is 0.0766 e. The predicted molar refractivity (Wildman–Crippen MR) is 65.0 cm³/mol. The normalized spacial score (nSPS) is 22.8. The first-order chi connectivity index (χ1) is 6.76. The molecule has 1 heterocycles. The molecule has 0 aromatic carbocycles. The molecule has 2 nitrogen and oxygen atoms in total. The van der Waals surface area contributed by atoms with Crippen LogP contribution in [0.5, 0.6) is 0 Å². The van der Waals surface area contributed by atoms with Crippen molar-refractivity contribution in [1.29, 1.82) is 0 Å². The molecule has 15 heavy (non-hydrogen) atoms. The average molecular weight is 213 g/mol. The van der Waals surface area contributed by atoms with E-state index in [0.717, 1.165) is 13.1 Å². The molecule has 1 atom stereocenters. The standard InChI is InChI=1S/C13H27NO/c1-12(2,3)11(15)13(4,5)14-9-7-6-8-10-14/h11,15H,6-10H2,1-5H3. The van der Waals surface area contributed by atoms with Gasteiger partial charge in [-0.15, -0.1) is 0 Å². The fourth-order valence-corrected chi connectivity index (χ4v) is 2.70. The molecule has 0 aromatic rings. The van der Waals surface area contributed by atoms with Gasteiger partial charge in [-0.2, -0.15) is 0 Å². The minimum absolute atomic E-state index is 0.0407. The van der Waals surface area contributed by atoms with E-state index >= 15 is 0 Å². The van der Waals surface area contributed by atoms with E-state index in [2.05, 4.69) is 39.5 Å². The van der Waals surface area contributed by atoms with E-state index in [4.69, 9.17) is 0 Å². The first kappa shape index (κ1) is 13.0. The number of piperidine rings is 1. The van der Waals surface area contributed by atoms with E-state index in [-0.39, 0.29) is 17.1 Å². The molecular formula is C13H27NO. The third kappa shape index (κ3) is 2.94.